The van der Waals surface area contributed by atoms with Gasteiger partial charge in [-0.15, -0.1) is 0 Å². The number of nitrogens with one attached hydrogen (secondary N) is 2. The van der Waals surface area contributed by atoms with Crippen LogP contribution in [-0.2, 0) is 14.8 Å². The SMILES string of the molecule is COc1ccc(NS(=O)(=O)c2ccc(OCC(=O)NC(C)c3ccc(Cl)cc3)cc2)cc1. The average Bonchev–Trinajstić information content (AvgIpc) is 2.78. The molecule has 3 aromatic carbocycles. The fourth-order valence-corrected chi connectivity index (χ4v) is 4.04. The van der Waals surface area contributed by atoms with E-state index in [-0.39, 0.29) is 23.5 Å². The van der Waals surface area contributed by atoms with Gasteiger partial charge in [-0.1, -0.05) is 23.7 Å². The molecule has 3 aromatic rings. The summed E-state index contributed by atoms with van der Waals surface area (Å²) in [6, 6.07) is 19.4. The Morgan fingerprint density at radius 1 is 0.938 bits per heavy atom. The second-order valence-electron chi connectivity index (χ2n) is 6.93. The molecule has 0 fully saturated rings. The standard InChI is InChI=1S/C23H23ClN2O5S/c1-16(17-3-5-18(24)6-4-17)25-23(27)15-31-21-11-13-22(14-12-21)32(28,29)26-19-7-9-20(30-2)10-8-19/h3-14,16,26H,15H2,1-2H3,(H,25,27). The van der Waals surface area contributed by atoms with Crippen molar-refractivity contribution in [3.05, 3.63) is 83.4 Å². The second-order valence-corrected chi connectivity index (χ2v) is 9.05. The second kappa shape index (κ2) is 10.4. The van der Waals surface area contributed by atoms with Crippen molar-refractivity contribution in [2.45, 2.75) is 17.9 Å². The highest BCUT2D eigenvalue weighted by Gasteiger charge is 2.15. The van der Waals surface area contributed by atoms with Crippen LogP contribution in [0.2, 0.25) is 5.02 Å². The van der Waals surface area contributed by atoms with Gasteiger partial charge in [0.1, 0.15) is 11.5 Å². The van der Waals surface area contributed by atoms with Gasteiger partial charge in [0.05, 0.1) is 18.0 Å². The molecule has 3 rings (SSSR count). The summed E-state index contributed by atoms with van der Waals surface area (Å²) in [7, 11) is -2.23. The molecule has 0 saturated carbocycles. The molecule has 2 N–H and O–H groups in total. The first kappa shape index (κ1) is 23.4. The van der Waals surface area contributed by atoms with Crippen molar-refractivity contribution in [1.29, 1.82) is 0 Å². The van der Waals surface area contributed by atoms with E-state index in [2.05, 4.69) is 10.0 Å². The highest BCUT2D eigenvalue weighted by atomic mass is 35.5. The first-order chi connectivity index (χ1) is 15.3. The van der Waals surface area contributed by atoms with E-state index in [9.17, 15) is 13.2 Å². The van der Waals surface area contributed by atoms with Crippen molar-refractivity contribution in [3.63, 3.8) is 0 Å². The molecular formula is C23H23ClN2O5S. The van der Waals surface area contributed by atoms with Crippen LogP contribution in [0.3, 0.4) is 0 Å². The summed E-state index contributed by atoms with van der Waals surface area (Å²) >= 11 is 5.88. The lowest BCUT2D eigenvalue weighted by Crippen LogP contribution is -2.31. The van der Waals surface area contributed by atoms with Gasteiger partial charge in [0.2, 0.25) is 0 Å². The summed E-state index contributed by atoms with van der Waals surface area (Å²) in [5.74, 6) is 0.703. The number of anilines is 1. The Kier molecular flexibility index (Phi) is 7.61. The Bertz CT molecular complexity index is 1150. The monoisotopic (exact) mass is 474 g/mol. The largest absolute Gasteiger partial charge is 0.497 e. The number of hydrogen-bond acceptors (Lipinski definition) is 5. The number of carbonyl (C=O) groups excluding carboxylic acids is 1. The minimum atomic E-state index is -3.77. The predicted molar refractivity (Wildman–Crippen MR) is 124 cm³/mol. The Hall–Kier alpha value is -3.23. The smallest absolute Gasteiger partial charge is 0.261 e. The van der Waals surface area contributed by atoms with Crippen molar-refractivity contribution in [1.82, 2.24) is 5.32 Å². The number of hydrogen-bond donors (Lipinski definition) is 2. The van der Waals surface area contributed by atoms with E-state index in [0.29, 0.717) is 22.2 Å². The van der Waals surface area contributed by atoms with Crippen LogP contribution in [0.4, 0.5) is 5.69 Å². The number of ether oxygens (including phenoxy) is 2. The molecule has 1 amide bonds. The van der Waals surface area contributed by atoms with Crippen LogP contribution in [-0.4, -0.2) is 28.0 Å². The van der Waals surface area contributed by atoms with E-state index in [4.69, 9.17) is 21.1 Å². The summed E-state index contributed by atoms with van der Waals surface area (Å²) in [6.07, 6.45) is 0. The van der Waals surface area contributed by atoms with Crippen molar-refractivity contribution in [3.8, 4) is 11.5 Å². The third-order valence-corrected chi connectivity index (χ3v) is 6.24. The molecule has 168 valence electrons. The number of methoxy groups -OCH3 is 1. The summed E-state index contributed by atoms with van der Waals surface area (Å²) in [4.78, 5) is 12.2. The minimum Gasteiger partial charge on any atom is -0.497 e. The van der Waals surface area contributed by atoms with Crippen LogP contribution in [0.5, 0.6) is 11.5 Å². The van der Waals surface area contributed by atoms with E-state index in [1.807, 2.05) is 19.1 Å². The molecule has 0 aliphatic heterocycles. The first-order valence-corrected chi connectivity index (χ1v) is 11.6. The van der Waals surface area contributed by atoms with Gasteiger partial charge in [-0.05, 0) is 73.2 Å². The van der Waals surface area contributed by atoms with Crippen molar-refractivity contribution in [2.75, 3.05) is 18.4 Å². The van der Waals surface area contributed by atoms with Crippen LogP contribution in [0.15, 0.2) is 77.7 Å². The zero-order valence-electron chi connectivity index (χ0n) is 17.5. The molecule has 0 aromatic heterocycles. The lowest BCUT2D eigenvalue weighted by Gasteiger charge is -2.15. The van der Waals surface area contributed by atoms with E-state index in [1.54, 1.807) is 36.4 Å². The molecule has 9 heteroatoms. The van der Waals surface area contributed by atoms with Crippen molar-refractivity contribution in [2.24, 2.45) is 0 Å². The number of benzene rings is 3. The number of carbonyl (C=O) groups is 1. The van der Waals surface area contributed by atoms with Gasteiger partial charge in [-0.25, -0.2) is 8.42 Å². The molecule has 0 aliphatic carbocycles. The molecule has 0 saturated heterocycles. The van der Waals surface area contributed by atoms with E-state index < -0.39 is 10.0 Å². The lowest BCUT2D eigenvalue weighted by atomic mass is 10.1. The van der Waals surface area contributed by atoms with E-state index in [0.717, 1.165) is 5.56 Å². The van der Waals surface area contributed by atoms with Gasteiger partial charge < -0.3 is 14.8 Å². The summed E-state index contributed by atoms with van der Waals surface area (Å²) < 4.78 is 38.1. The van der Waals surface area contributed by atoms with Crippen molar-refractivity contribution < 1.29 is 22.7 Å². The Balaban J connectivity index is 1.54. The fourth-order valence-electron chi connectivity index (χ4n) is 2.85. The Labute approximate surface area is 192 Å². The molecule has 32 heavy (non-hydrogen) atoms. The Morgan fingerprint density at radius 3 is 2.12 bits per heavy atom. The van der Waals surface area contributed by atoms with Crippen LogP contribution < -0.4 is 19.5 Å². The number of amides is 1. The van der Waals surface area contributed by atoms with E-state index >= 15 is 0 Å². The number of halogens is 1. The lowest BCUT2D eigenvalue weighted by molar-refractivity contribution is -0.123. The third-order valence-electron chi connectivity index (χ3n) is 4.59. The predicted octanol–water partition coefficient (Wildman–Crippen LogP) is 4.41. The molecule has 1 atom stereocenters. The van der Waals surface area contributed by atoms with Crippen LogP contribution in [0.25, 0.3) is 0 Å². The van der Waals surface area contributed by atoms with Crippen molar-refractivity contribution >= 4 is 33.2 Å². The van der Waals surface area contributed by atoms with E-state index in [1.165, 1.54) is 31.4 Å². The number of rotatable bonds is 9. The highest BCUT2D eigenvalue weighted by molar-refractivity contribution is 7.92. The van der Waals surface area contributed by atoms with Gasteiger partial charge >= 0.3 is 0 Å². The summed E-state index contributed by atoms with van der Waals surface area (Å²) in [5.41, 5.74) is 1.33. The average molecular weight is 475 g/mol. The maximum absolute atomic E-state index is 12.6. The van der Waals surface area contributed by atoms with Crippen LogP contribution in [0, 0.1) is 0 Å². The first-order valence-electron chi connectivity index (χ1n) is 9.71. The van der Waals surface area contributed by atoms with Crippen LogP contribution >= 0.6 is 11.6 Å². The highest BCUT2D eigenvalue weighted by Crippen LogP contribution is 2.21. The minimum absolute atomic E-state index is 0.0708. The molecule has 1 unspecified atom stereocenters. The van der Waals surface area contributed by atoms with Gasteiger partial charge in [-0.2, -0.15) is 0 Å². The molecule has 7 nitrogen and oxygen atoms in total. The topological polar surface area (TPSA) is 93.7 Å². The van der Waals surface area contributed by atoms with Gasteiger partial charge in [0.15, 0.2) is 6.61 Å². The Morgan fingerprint density at radius 2 is 1.53 bits per heavy atom. The van der Waals surface area contributed by atoms with Crippen LogP contribution in [0.1, 0.15) is 18.5 Å². The van der Waals surface area contributed by atoms with Gasteiger partial charge in [0, 0.05) is 10.7 Å². The quantitative estimate of drug-likeness (QED) is 0.479. The van der Waals surface area contributed by atoms with Gasteiger partial charge in [0.25, 0.3) is 15.9 Å². The zero-order chi connectivity index (χ0) is 23.1. The number of sulfonamides is 1. The zero-order valence-corrected chi connectivity index (χ0v) is 19.1. The summed E-state index contributed by atoms with van der Waals surface area (Å²) in [6.45, 7) is 1.66. The van der Waals surface area contributed by atoms with Gasteiger partial charge in [-0.3, -0.25) is 9.52 Å². The molecule has 0 radical (unpaired) electrons. The maximum Gasteiger partial charge on any atom is 0.261 e. The molecule has 0 spiro atoms. The summed E-state index contributed by atoms with van der Waals surface area (Å²) in [5, 5.41) is 3.46. The maximum atomic E-state index is 12.6. The normalized spacial score (nSPS) is 12.0. The molecule has 0 heterocycles. The molecular weight excluding hydrogens is 452 g/mol. The fraction of sp³-hybridized carbons (Fsp3) is 0.174. The third kappa shape index (κ3) is 6.38. The molecule has 0 aliphatic rings. The molecule has 0 bridgehead atoms.